The van der Waals surface area contributed by atoms with Gasteiger partial charge in [-0.05, 0) is 12.1 Å². The fourth-order valence-corrected chi connectivity index (χ4v) is 3.24. The number of carbonyl (C=O) groups excluding carboxylic acids is 1. The molecule has 1 atom stereocenters. The maximum Gasteiger partial charge on any atom is 0.227 e. The second kappa shape index (κ2) is 6.50. The van der Waals surface area contributed by atoms with Gasteiger partial charge in [0.05, 0.1) is 17.9 Å². The lowest BCUT2D eigenvalue weighted by molar-refractivity contribution is -0.120. The maximum atomic E-state index is 11.6. The first-order chi connectivity index (χ1) is 9.88. The van der Waals surface area contributed by atoms with Gasteiger partial charge in [-0.1, -0.05) is 6.07 Å². The highest BCUT2D eigenvalue weighted by molar-refractivity contribution is 7.88. The van der Waals surface area contributed by atoms with Crippen LogP contribution >= 0.6 is 0 Å². The number of hydrogen-bond donors (Lipinski definition) is 1. The molecule has 1 aromatic rings. The molecule has 1 aliphatic rings. The van der Waals surface area contributed by atoms with Crippen LogP contribution in [0.15, 0.2) is 24.4 Å². The second-order valence-electron chi connectivity index (χ2n) is 5.17. The van der Waals surface area contributed by atoms with Crippen molar-refractivity contribution in [1.82, 2.24) is 14.2 Å². The van der Waals surface area contributed by atoms with Crippen LogP contribution in [0.1, 0.15) is 11.6 Å². The van der Waals surface area contributed by atoms with Crippen molar-refractivity contribution >= 4 is 15.9 Å². The summed E-state index contributed by atoms with van der Waals surface area (Å²) in [5.41, 5.74) is 6.12. The molecule has 0 aromatic carbocycles. The van der Waals surface area contributed by atoms with Crippen LogP contribution < -0.4 is 5.73 Å². The molecule has 0 aliphatic carbocycles. The first kappa shape index (κ1) is 15.9. The Balaban J connectivity index is 1.99. The minimum atomic E-state index is -3.14. The van der Waals surface area contributed by atoms with E-state index in [0.29, 0.717) is 38.4 Å². The molecular formula is C13H20N4O3S. The van der Waals surface area contributed by atoms with Crippen molar-refractivity contribution in [3.05, 3.63) is 30.1 Å². The van der Waals surface area contributed by atoms with Crippen molar-refractivity contribution in [2.75, 3.05) is 39.0 Å². The fourth-order valence-electron chi connectivity index (χ4n) is 2.41. The van der Waals surface area contributed by atoms with Gasteiger partial charge in [0.1, 0.15) is 0 Å². The number of aromatic nitrogens is 1. The average molecular weight is 312 g/mol. The van der Waals surface area contributed by atoms with E-state index >= 15 is 0 Å². The zero-order chi connectivity index (χ0) is 15.5. The van der Waals surface area contributed by atoms with Gasteiger partial charge in [0, 0.05) is 38.9 Å². The standard InChI is InChI=1S/C13H20N4O3S/c1-21(19,20)17-8-6-16(7-9-17)10-11(13(14)18)12-4-2-3-5-15-12/h2-5,11H,6-10H2,1H3,(H2,14,18). The monoisotopic (exact) mass is 312 g/mol. The fraction of sp³-hybridized carbons (Fsp3) is 0.538. The van der Waals surface area contributed by atoms with Crippen LogP contribution in [0.2, 0.25) is 0 Å². The Labute approximate surface area is 124 Å². The van der Waals surface area contributed by atoms with Gasteiger partial charge in [-0.25, -0.2) is 8.42 Å². The van der Waals surface area contributed by atoms with Gasteiger partial charge in [0.25, 0.3) is 0 Å². The van der Waals surface area contributed by atoms with Crippen molar-refractivity contribution in [3.8, 4) is 0 Å². The largest absolute Gasteiger partial charge is 0.369 e. The summed E-state index contributed by atoms with van der Waals surface area (Å²) in [6.45, 7) is 2.51. The number of sulfonamides is 1. The summed E-state index contributed by atoms with van der Waals surface area (Å²) in [7, 11) is -3.14. The third-order valence-corrected chi connectivity index (χ3v) is 4.93. The Morgan fingerprint density at radius 2 is 2.00 bits per heavy atom. The molecule has 2 rings (SSSR count). The number of piperazine rings is 1. The molecule has 0 spiro atoms. The Morgan fingerprint density at radius 3 is 2.48 bits per heavy atom. The number of nitrogens with zero attached hydrogens (tertiary/aromatic N) is 3. The van der Waals surface area contributed by atoms with Crippen LogP contribution in [0, 0.1) is 0 Å². The Kier molecular flexibility index (Phi) is 4.92. The van der Waals surface area contributed by atoms with E-state index in [-0.39, 0.29) is 0 Å². The van der Waals surface area contributed by atoms with Crippen LogP contribution in [0.5, 0.6) is 0 Å². The molecule has 1 fully saturated rings. The molecule has 0 bridgehead atoms. The van der Waals surface area contributed by atoms with Crippen molar-refractivity contribution in [3.63, 3.8) is 0 Å². The van der Waals surface area contributed by atoms with E-state index in [1.165, 1.54) is 10.6 Å². The van der Waals surface area contributed by atoms with Crippen molar-refractivity contribution in [1.29, 1.82) is 0 Å². The van der Waals surface area contributed by atoms with Crippen LogP contribution in [0.4, 0.5) is 0 Å². The van der Waals surface area contributed by atoms with E-state index in [4.69, 9.17) is 5.73 Å². The van der Waals surface area contributed by atoms with Gasteiger partial charge in [-0.15, -0.1) is 0 Å². The molecular weight excluding hydrogens is 292 g/mol. The predicted molar refractivity (Wildman–Crippen MR) is 79.0 cm³/mol. The molecule has 2 heterocycles. The van der Waals surface area contributed by atoms with Crippen molar-refractivity contribution < 1.29 is 13.2 Å². The molecule has 1 aromatic heterocycles. The number of pyridine rings is 1. The van der Waals surface area contributed by atoms with Gasteiger partial charge in [-0.2, -0.15) is 4.31 Å². The topological polar surface area (TPSA) is 96.6 Å². The summed E-state index contributed by atoms with van der Waals surface area (Å²) in [5.74, 6) is -0.893. The highest BCUT2D eigenvalue weighted by Gasteiger charge is 2.27. The van der Waals surface area contributed by atoms with Gasteiger partial charge < -0.3 is 5.73 Å². The SMILES string of the molecule is CS(=O)(=O)N1CCN(CC(C(N)=O)c2ccccn2)CC1. The third-order valence-electron chi connectivity index (χ3n) is 3.63. The zero-order valence-electron chi connectivity index (χ0n) is 12.0. The molecule has 1 aliphatic heterocycles. The van der Waals surface area contributed by atoms with E-state index in [9.17, 15) is 13.2 Å². The minimum Gasteiger partial charge on any atom is -0.369 e. The van der Waals surface area contributed by atoms with Crippen molar-refractivity contribution in [2.24, 2.45) is 5.73 Å². The summed E-state index contributed by atoms with van der Waals surface area (Å²) in [4.78, 5) is 17.9. The summed E-state index contributed by atoms with van der Waals surface area (Å²) in [5, 5.41) is 0. The molecule has 2 N–H and O–H groups in total. The smallest absolute Gasteiger partial charge is 0.227 e. The average Bonchev–Trinajstić information content (AvgIpc) is 2.45. The predicted octanol–water partition coefficient (Wildman–Crippen LogP) is -0.772. The molecule has 21 heavy (non-hydrogen) atoms. The molecule has 8 heteroatoms. The number of carbonyl (C=O) groups is 1. The lowest BCUT2D eigenvalue weighted by atomic mass is 10.0. The van der Waals surface area contributed by atoms with Crippen LogP contribution in [-0.4, -0.2) is 67.5 Å². The van der Waals surface area contributed by atoms with Gasteiger partial charge in [0.15, 0.2) is 0 Å². The van der Waals surface area contributed by atoms with Crippen LogP contribution in [-0.2, 0) is 14.8 Å². The lowest BCUT2D eigenvalue weighted by Crippen LogP contribution is -2.50. The van der Waals surface area contributed by atoms with Gasteiger partial charge >= 0.3 is 0 Å². The Bertz CT molecular complexity index is 583. The minimum absolute atomic E-state index is 0.417. The number of hydrogen-bond acceptors (Lipinski definition) is 5. The summed E-state index contributed by atoms with van der Waals surface area (Å²) < 4.78 is 24.4. The lowest BCUT2D eigenvalue weighted by Gasteiger charge is -2.34. The molecule has 7 nitrogen and oxygen atoms in total. The molecule has 1 unspecified atom stereocenters. The van der Waals surface area contributed by atoms with E-state index in [1.54, 1.807) is 18.3 Å². The van der Waals surface area contributed by atoms with E-state index in [2.05, 4.69) is 4.98 Å². The van der Waals surface area contributed by atoms with Crippen LogP contribution in [0.25, 0.3) is 0 Å². The van der Waals surface area contributed by atoms with E-state index < -0.39 is 21.8 Å². The Hall–Kier alpha value is -1.51. The molecule has 0 radical (unpaired) electrons. The zero-order valence-corrected chi connectivity index (χ0v) is 12.8. The molecule has 116 valence electrons. The maximum absolute atomic E-state index is 11.6. The number of nitrogens with two attached hydrogens (primary N) is 1. The number of rotatable bonds is 5. The molecule has 0 saturated carbocycles. The first-order valence-electron chi connectivity index (χ1n) is 6.75. The third kappa shape index (κ3) is 4.23. The summed E-state index contributed by atoms with van der Waals surface area (Å²) in [6.07, 6.45) is 2.84. The van der Waals surface area contributed by atoms with Gasteiger partial charge in [0.2, 0.25) is 15.9 Å². The number of primary amides is 1. The second-order valence-corrected chi connectivity index (χ2v) is 7.15. The quantitative estimate of drug-likeness (QED) is 0.770. The Morgan fingerprint density at radius 1 is 1.33 bits per heavy atom. The highest BCUT2D eigenvalue weighted by atomic mass is 32.2. The summed E-state index contributed by atoms with van der Waals surface area (Å²) in [6, 6.07) is 5.38. The van der Waals surface area contributed by atoms with Crippen LogP contribution in [0.3, 0.4) is 0 Å². The number of amides is 1. The highest BCUT2D eigenvalue weighted by Crippen LogP contribution is 2.16. The molecule has 1 saturated heterocycles. The first-order valence-corrected chi connectivity index (χ1v) is 8.60. The summed E-state index contributed by atoms with van der Waals surface area (Å²) >= 11 is 0. The molecule has 1 amide bonds. The van der Waals surface area contributed by atoms with E-state index in [0.717, 1.165) is 0 Å². The normalized spacial score (nSPS) is 19.3. The van der Waals surface area contributed by atoms with Crippen molar-refractivity contribution in [2.45, 2.75) is 5.92 Å². The van der Waals surface area contributed by atoms with E-state index in [1.807, 2.05) is 11.0 Å². The van der Waals surface area contributed by atoms with Gasteiger partial charge in [-0.3, -0.25) is 14.7 Å².